The molecular weight excluding hydrogens is 220 g/mol. The predicted octanol–water partition coefficient (Wildman–Crippen LogP) is 0.586. The first-order chi connectivity index (χ1) is 8.22. The number of ether oxygens (including phenoxy) is 2. The first-order valence-corrected chi connectivity index (χ1v) is 6.01. The van der Waals surface area contributed by atoms with E-state index in [1.54, 1.807) is 0 Å². The molecule has 3 heterocycles. The zero-order chi connectivity index (χ0) is 11.4. The van der Waals surface area contributed by atoms with E-state index in [0.717, 1.165) is 6.42 Å². The summed E-state index contributed by atoms with van der Waals surface area (Å²) in [6, 6.07) is 0. The van der Waals surface area contributed by atoms with Crippen molar-refractivity contribution in [2.75, 3.05) is 0 Å². The van der Waals surface area contributed by atoms with E-state index in [1.165, 1.54) is 0 Å². The number of carbonyl (C=O) groups excluding carboxylic acids is 2. The molecule has 17 heavy (non-hydrogen) atoms. The molecule has 0 spiro atoms. The fraction of sp³-hybridized carbons (Fsp3) is 0.538. The second kappa shape index (κ2) is 2.12. The monoisotopic (exact) mass is 230 g/mol. The molecule has 86 valence electrons. The van der Waals surface area contributed by atoms with E-state index in [0.29, 0.717) is 0 Å². The maximum absolute atomic E-state index is 12.3. The van der Waals surface area contributed by atoms with Crippen molar-refractivity contribution in [3.8, 4) is 0 Å². The van der Waals surface area contributed by atoms with Gasteiger partial charge in [0.2, 0.25) is 0 Å². The summed E-state index contributed by atoms with van der Waals surface area (Å²) in [5.41, 5.74) is -1.49. The van der Waals surface area contributed by atoms with Gasteiger partial charge in [-0.1, -0.05) is 24.3 Å². The summed E-state index contributed by atoms with van der Waals surface area (Å²) in [6.45, 7) is 0. The molecule has 0 aromatic heterocycles. The fourth-order valence-corrected chi connectivity index (χ4v) is 4.98. The zero-order valence-electron chi connectivity index (χ0n) is 8.96. The highest BCUT2D eigenvalue weighted by Gasteiger charge is 2.87. The second-order valence-electron chi connectivity index (χ2n) is 5.61. The van der Waals surface area contributed by atoms with Gasteiger partial charge in [-0.05, 0) is 18.3 Å². The summed E-state index contributed by atoms with van der Waals surface area (Å²) in [6.07, 6.45) is 8.34. The molecule has 0 amide bonds. The first-order valence-electron chi connectivity index (χ1n) is 6.01. The van der Waals surface area contributed by atoms with E-state index in [4.69, 9.17) is 9.47 Å². The van der Waals surface area contributed by atoms with Crippen LogP contribution in [0, 0.1) is 22.7 Å². The summed E-state index contributed by atoms with van der Waals surface area (Å²) in [7, 11) is 0. The van der Waals surface area contributed by atoms with Gasteiger partial charge in [0.25, 0.3) is 0 Å². The van der Waals surface area contributed by atoms with E-state index < -0.39 is 10.8 Å². The van der Waals surface area contributed by atoms with Crippen LogP contribution in [0.2, 0.25) is 0 Å². The minimum atomic E-state index is -0.747. The average molecular weight is 230 g/mol. The minimum absolute atomic E-state index is 0.103. The van der Waals surface area contributed by atoms with Gasteiger partial charge < -0.3 is 9.47 Å². The molecule has 6 atom stereocenters. The van der Waals surface area contributed by atoms with Crippen LogP contribution in [0.5, 0.6) is 0 Å². The van der Waals surface area contributed by atoms with Crippen LogP contribution < -0.4 is 0 Å². The number of hydrogen-bond acceptors (Lipinski definition) is 4. The standard InChI is InChI=1S/C13H10O4/c14-10-12-6-1-2-7(5-6)13(12,11(15)17-10)9-4-3-8(12)16-9/h1-4,6-9H,5H2/t6-,7-,8-,9?,12?,13?/m1/s1. The molecule has 0 radical (unpaired) electrons. The van der Waals surface area contributed by atoms with E-state index in [1.807, 2.05) is 12.2 Å². The highest BCUT2D eigenvalue weighted by molar-refractivity contribution is 6.06. The lowest BCUT2D eigenvalue weighted by Gasteiger charge is -2.38. The Bertz CT molecular complexity index is 472. The van der Waals surface area contributed by atoms with Crippen molar-refractivity contribution in [2.45, 2.75) is 18.6 Å². The van der Waals surface area contributed by atoms with Crippen molar-refractivity contribution in [2.24, 2.45) is 22.7 Å². The maximum atomic E-state index is 12.3. The molecule has 0 aromatic rings. The Kier molecular flexibility index (Phi) is 1.08. The molecule has 3 aliphatic heterocycles. The molecule has 0 aromatic carbocycles. The van der Waals surface area contributed by atoms with Gasteiger partial charge in [0.15, 0.2) is 0 Å². The van der Waals surface area contributed by atoms with Gasteiger partial charge in [-0.25, -0.2) is 0 Å². The summed E-state index contributed by atoms with van der Waals surface area (Å²) in [4.78, 5) is 24.5. The fourth-order valence-electron chi connectivity index (χ4n) is 4.98. The van der Waals surface area contributed by atoms with Crippen LogP contribution in [0.1, 0.15) is 6.42 Å². The van der Waals surface area contributed by atoms with Crippen LogP contribution in [-0.4, -0.2) is 24.1 Å². The molecule has 4 bridgehead atoms. The van der Waals surface area contributed by atoms with Crippen LogP contribution in [0.4, 0.5) is 0 Å². The van der Waals surface area contributed by atoms with Gasteiger partial charge >= 0.3 is 11.9 Å². The van der Waals surface area contributed by atoms with Crippen molar-refractivity contribution in [1.82, 2.24) is 0 Å². The molecule has 4 nitrogen and oxygen atoms in total. The summed E-state index contributed by atoms with van der Waals surface area (Å²) >= 11 is 0. The Morgan fingerprint density at radius 2 is 1.47 bits per heavy atom. The van der Waals surface area contributed by atoms with E-state index in [9.17, 15) is 9.59 Å². The van der Waals surface area contributed by atoms with Gasteiger partial charge in [0.1, 0.15) is 10.8 Å². The summed E-state index contributed by atoms with van der Waals surface area (Å²) in [5, 5.41) is 0. The molecular formula is C13H10O4. The van der Waals surface area contributed by atoms with Gasteiger partial charge in [-0.3, -0.25) is 9.59 Å². The van der Waals surface area contributed by atoms with Crippen LogP contribution >= 0.6 is 0 Å². The number of allylic oxidation sites excluding steroid dienone is 2. The SMILES string of the molecule is O=C1OC(=O)C23[C@@H]4C=C[C@H](C4)C12C1C=C[C@H]3O1. The lowest BCUT2D eigenvalue weighted by Crippen LogP contribution is -2.53. The number of carbonyl (C=O) groups is 2. The Morgan fingerprint density at radius 3 is 2.00 bits per heavy atom. The van der Waals surface area contributed by atoms with Crippen LogP contribution in [0.3, 0.4) is 0 Å². The third-order valence-corrected chi connectivity index (χ3v) is 5.45. The molecule has 2 saturated heterocycles. The van der Waals surface area contributed by atoms with Crippen molar-refractivity contribution < 1.29 is 19.1 Å². The lowest BCUT2D eigenvalue weighted by molar-refractivity contribution is -0.161. The maximum Gasteiger partial charge on any atom is 0.324 e. The van der Waals surface area contributed by atoms with Crippen LogP contribution in [0.15, 0.2) is 24.3 Å². The highest BCUT2D eigenvalue weighted by atomic mass is 16.6. The highest BCUT2D eigenvalue weighted by Crippen LogP contribution is 2.75. The Balaban J connectivity index is 1.93. The minimum Gasteiger partial charge on any atom is -0.392 e. The smallest absolute Gasteiger partial charge is 0.324 e. The van der Waals surface area contributed by atoms with Gasteiger partial charge in [0, 0.05) is 0 Å². The Labute approximate surface area is 97.3 Å². The number of esters is 2. The van der Waals surface area contributed by atoms with Crippen molar-refractivity contribution >= 4 is 11.9 Å². The van der Waals surface area contributed by atoms with E-state index in [-0.39, 0.29) is 36.0 Å². The Morgan fingerprint density at radius 1 is 0.941 bits per heavy atom. The average Bonchev–Trinajstić information content (AvgIpc) is 3.04. The van der Waals surface area contributed by atoms with Gasteiger partial charge in [-0.15, -0.1) is 0 Å². The first kappa shape index (κ1) is 8.64. The quantitative estimate of drug-likeness (QED) is 0.347. The van der Waals surface area contributed by atoms with E-state index >= 15 is 0 Å². The molecule has 3 fully saturated rings. The molecule has 4 heteroatoms. The van der Waals surface area contributed by atoms with Crippen LogP contribution in [-0.2, 0) is 19.1 Å². The van der Waals surface area contributed by atoms with Crippen molar-refractivity contribution in [3.63, 3.8) is 0 Å². The molecule has 0 N–H and O–H groups in total. The Hall–Kier alpha value is -1.42. The van der Waals surface area contributed by atoms with Crippen molar-refractivity contribution in [1.29, 1.82) is 0 Å². The molecule has 2 aliphatic carbocycles. The molecule has 1 saturated carbocycles. The lowest BCUT2D eigenvalue weighted by atomic mass is 9.54. The second-order valence-corrected chi connectivity index (χ2v) is 5.61. The number of rotatable bonds is 0. The number of cyclic esters (lactones) is 2. The van der Waals surface area contributed by atoms with Gasteiger partial charge in [-0.2, -0.15) is 0 Å². The molecule has 3 unspecified atom stereocenters. The zero-order valence-corrected chi connectivity index (χ0v) is 8.96. The number of fused-ring (bicyclic) bond motifs is 4. The molecule has 5 rings (SSSR count). The van der Waals surface area contributed by atoms with Crippen molar-refractivity contribution in [3.05, 3.63) is 24.3 Å². The van der Waals surface area contributed by atoms with Gasteiger partial charge in [0.05, 0.1) is 12.2 Å². The summed E-state index contributed by atoms with van der Waals surface area (Å²) < 4.78 is 10.8. The van der Waals surface area contributed by atoms with E-state index in [2.05, 4.69) is 12.2 Å². The normalized spacial score (nSPS) is 60.0. The topological polar surface area (TPSA) is 52.6 Å². The predicted molar refractivity (Wildman–Crippen MR) is 54.5 cm³/mol. The summed E-state index contributed by atoms with van der Waals surface area (Å²) in [5.74, 6) is -0.523. The van der Waals surface area contributed by atoms with Crippen LogP contribution in [0.25, 0.3) is 0 Å². The molecule has 5 aliphatic rings. The largest absolute Gasteiger partial charge is 0.392 e. The third-order valence-electron chi connectivity index (χ3n) is 5.45. The number of hydrogen-bond donors (Lipinski definition) is 0. The third kappa shape index (κ3) is 0.537.